The van der Waals surface area contributed by atoms with Crippen molar-refractivity contribution < 1.29 is 18.3 Å². The molecule has 0 aliphatic carbocycles. The number of carbonyl (C=O) groups excluding carboxylic acids is 1. The van der Waals surface area contributed by atoms with Crippen molar-refractivity contribution in [2.24, 2.45) is 5.73 Å². The third-order valence-corrected chi connectivity index (χ3v) is 1.72. The van der Waals surface area contributed by atoms with Crippen LogP contribution in [0.25, 0.3) is 0 Å². The van der Waals surface area contributed by atoms with E-state index in [-0.39, 0.29) is 18.8 Å². The monoisotopic (exact) mass is 215 g/mol. The molecule has 0 spiro atoms. The van der Waals surface area contributed by atoms with Crippen LogP contribution in [0.4, 0.5) is 8.78 Å². The van der Waals surface area contributed by atoms with E-state index in [2.05, 4.69) is 0 Å². The highest BCUT2D eigenvalue weighted by molar-refractivity contribution is 5.73. The zero-order valence-electron chi connectivity index (χ0n) is 8.00. The number of halogens is 2. The molecular formula is C10H11F2NO2. The van der Waals surface area contributed by atoms with Crippen molar-refractivity contribution in [3.63, 3.8) is 0 Å². The molecule has 0 aliphatic heterocycles. The van der Waals surface area contributed by atoms with Crippen LogP contribution in [0.1, 0.15) is 12.8 Å². The molecule has 0 saturated carbocycles. The number of primary amides is 1. The van der Waals surface area contributed by atoms with Gasteiger partial charge in [0.15, 0.2) is 11.6 Å². The lowest BCUT2D eigenvalue weighted by Gasteiger charge is -2.06. The van der Waals surface area contributed by atoms with Gasteiger partial charge in [0.2, 0.25) is 5.91 Å². The van der Waals surface area contributed by atoms with E-state index in [1.54, 1.807) is 0 Å². The van der Waals surface area contributed by atoms with Crippen LogP contribution in [0.2, 0.25) is 0 Å². The Morgan fingerprint density at radius 3 is 2.80 bits per heavy atom. The summed E-state index contributed by atoms with van der Waals surface area (Å²) in [6.07, 6.45) is 0.544. The second-order valence-corrected chi connectivity index (χ2v) is 2.99. The number of hydrogen-bond donors (Lipinski definition) is 1. The SMILES string of the molecule is NC(=O)CCCOc1cc(F)ccc1F. The Balaban J connectivity index is 2.43. The summed E-state index contributed by atoms with van der Waals surface area (Å²) in [5, 5.41) is 0. The maximum atomic E-state index is 13.0. The minimum atomic E-state index is -0.629. The molecule has 1 rings (SSSR count). The molecule has 1 aromatic carbocycles. The molecule has 0 fully saturated rings. The highest BCUT2D eigenvalue weighted by Crippen LogP contribution is 2.18. The van der Waals surface area contributed by atoms with E-state index >= 15 is 0 Å². The number of nitrogens with two attached hydrogens (primary N) is 1. The number of ether oxygens (including phenoxy) is 1. The Hall–Kier alpha value is -1.65. The minimum Gasteiger partial charge on any atom is -0.490 e. The Morgan fingerprint density at radius 2 is 2.13 bits per heavy atom. The zero-order valence-corrected chi connectivity index (χ0v) is 8.00. The van der Waals surface area contributed by atoms with Gasteiger partial charge in [0.05, 0.1) is 6.61 Å². The van der Waals surface area contributed by atoms with Crippen molar-refractivity contribution in [2.45, 2.75) is 12.8 Å². The molecule has 1 amide bonds. The van der Waals surface area contributed by atoms with Crippen LogP contribution in [0.15, 0.2) is 18.2 Å². The first kappa shape index (κ1) is 11.4. The van der Waals surface area contributed by atoms with Crippen molar-refractivity contribution in [2.75, 3.05) is 6.61 Å². The lowest BCUT2D eigenvalue weighted by atomic mass is 10.3. The summed E-state index contributed by atoms with van der Waals surface area (Å²) in [6.45, 7) is 0.128. The van der Waals surface area contributed by atoms with E-state index in [9.17, 15) is 13.6 Å². The van der Waals surface area contributed by atoms with Crippen LogP contribution in [0.3, 0.4) is 0 Å². The summed E-state index contributed by atoms with van der Waals surface area (Å²) in [4.78, 5) is 10.4. The molecule has 0 aromatic heterocycles. The summed E-state index contributed by atoms with van der Waals surface area (Å²) in [7, 11) is 0. The lowest BCUT2D eigenvalue weighted by molar-refractivity contribution is -0.118. The molecule has 2 N–H and O–H groups in total. The molecule has 1 aromatic rings. The first-order valence-corrected chi connectivity index (χ1v) is 4.46. The quantitative estimate of drug-likeness (QED) is 0.758. The molecule has 15 heavy (non-hydrogen) atoms. The predicted molar refractivity (Wildman–Crippen MR) is 50.3 cm³/mol. The molecule has 0 heterocycles. The zero-order chi connectivity index (χ0) is 11.3. The summed E-state index contributed by atoms with van der Waals surface area (Å²) in [5.41, 5.74) is 4.90. The lowest BCUT2D eigenvalue weighted by Crippen LogP contribution is -2.12. The minimum absolute atomic E-state index is 0.128. The number of amides is 1. The van der Waals surface area contributed by atoms with Gasteiger partial charge in [-0.3, -0.25) is 4.79 Å². The van der Waals surface area contributed by atoms with Crippen LogP contribution >= 0.6 is 0 Å². The van der Waals surface area contributed by atoms with E-state index in [4.69, 9.17) is 10.5 Å². The second-order valence-electron chi connectivity index (χ2n) is 2.99. The van der Waals surface area contributed by atoms with Crippen molar-refractivity contribution in [1.29, 1.82) is 0 Å². The summed E-state index contributed by atoms with van der Waals surface area (Å²) < 4.78 is 30.6. The third kappa shape index (κ3) is 3.93. The fourth-order valence-corrected chi connectivity index (χ4v) is 1.02. The van der Waals surface area contributed by atoms with Crippen LogP contribution in [-0.2, 0) is 4.79 Å². The highest BCUT2D eigenvalue weighted by Gasteiger charge is 2.04. The largest absolute Gasteiger partial charge is 0.490 e. The first-order chi connectivity index (χ1) is 7.09. The van der Waals surface area contributed by atoms with E-state index in [0.29, 0.717) is 6.42 Å². The van der Waals surface area contributed by atoms with Crippen LogP contribution in [0.5, 0.6) is 5.75 Å². The average molecular weight is 215 g/mol. The number of benzene rings is 1. The van der Waals surface area contributed by atoms with Crippen LogP contribution in [-0.4, -0.2) is 12.5 Å². The molecule has 3 nitrogen and oxygen atoms in total. The van der Waals surface area contributed by atoms with Gasteiger partial charge in [-0.05, 0) is 18.6 Å². The van der Waals surface area contributed by atoms with Gasteiger partial charge >= 0.3 is 0 Å². The van der Waals surface area contributed by atoms with E-state index in [1.807, 2.05) is 0 Å². The van der Waals surface area contributed by atoms with Crippen LogP contribution < -0.4 is 10.5 Å². The summed E-state index contributed by atoms with van der Waals surface area (Å²) >= 11 is 0. The van der Waals surface area contributed by atoms with Gasteiger partial charge in [-0.2, -0.15) is 0 Å². The van der Waals surface area contributed by atoms with Crippen molar-refractivity contribution in [3.05, 3.63) is 29.8 Å². The topological polar surface area (TPSA) is 52.3 Å². The first-order valence-electron chi connectivity index (χ1n) is 4.46. The van der Waals surface area contributed by atoms with Gasteiger partial charge in [-0.15, -0.1) is 0 Å². The molecule has 0 atom stereocenters. The van der Waals surface area contributed by atoms with Gasteiger partial charge in [0.1, 0.15) is 5.82 Å². The van der Waals surface area contributed by atoms with Gasteiger partial charge < -0.3 is 10.5 Å². The molecule has 0 radical (unpaired) electrons. The van der Waals surface area contributed by atoms with E-state index in [0.717, 1.165) is 18.2 Å². The molecule has 0 unspecified atom stereocenters. The Morgan fingerprint density at radius 1 is 1.40 bits per heavy atom. The average Bonchev–Trinajstić information content (AvgIpc) is 2.17. The fraction of sp³-hybridized carbons (Fsp3) is 0.300. The standard InChI is InChI=1S/C10H11F2NO2/c11-7-3-4-8(12)9(6-7)15-5-1-2-10(13)14/h3-4,6H,1-2,5H2,(H2,13,14). The molecule has 0 aliphatic rings. The number of rotatable bonds is 5. The molecule has 5 heteroatoms. The summed E-state index contributed by atoms with van der Waals surface area (Å²) in [6, 6.07) is 2.95. The third-order valence-electron chi connectivity index (χ3n) is 1.72. The molecular weight excluding hydrogens is 204 g/mol. The van der Waals surface area contributed by atoms with Gasteiger partial charge in [0.25, 0.3) is 0 Å². The summed E-state index contributed by atoms with van der Waals surface area (Å²) in [5.74, 6) is -1.80. The second kappa shape index (κ2) is 5.29. The van der Waals surface area contributed by atoms with Crippen molar-refractivity contribution in [3.8, 4) is 5.75 Å². The predicted octanol–water partition coefficient (Wildman–Crippen LogP) is 1.61. The number of carbonyl (C=O) groups is 1. The smallest absolute Gasteiger partial charge is 0.217 e. The van der Waals surface area contributed by atoms with Gasteiger partial charge in [-0.25, -0.2) is 8.78 Å². The van der Waals surface area contributed by atoms with Gasteiger partial charge in [0, 0.05) is 12.5 Å². The van der Waals surface area contributed by atoms with Crippen molar-refractivity contribution >= 4 is 5.91 Å². The van der Waals surface area contributed by atoms with Crippen LogP contribution in [0, 0.1) is 11.6 Å². The Kier molecular flexibility index (Phi) is 4.03. The maximum absolute atomic E-state index is 13.0. The normalized spacial score (nSPS) is 10.0. The molecule has 0 saturated heterocycles. The Labute approximate surface area is 85.8 Å². The van der Waals surface area contributed by atoms with Crippen molar-refractivity contribution in [1.82, 2.24) is 0 Å². The maximum Gasteiger partial charge on any atom is 0.217 e. The van der Waals surface area contributed by atoms with Gasteiger partial charge in [-0.1, -0.05) is 0 Å². The van der Waals surface area contributed by atoms with E-state index < -0.39 is 17.5 Å². The Bertz CT molecular complexity index is 355. The fourth-order valence-electron chi connectivity index (χ4n) is 1.02. The molecule has 82 valence electrons. The van der Waals surface area contributed by atoms with E-state index in [1.165, 1.54) is 0 Å². The number of hydrogen-bond acceptors (Lipinski definition) is 2. The highest BCUT2D eigenvalue weighted by atomic mass is 19.1. The molecule has 0 bridgehead atoms.